The summed E-state index contributed by atoms with van der Waals surface area (Å²) in [5, 5.41) is 0. The molecule has 0 spiro atoms. The van der Waals surface area contributed by atoms with Crippen molar-refractivity contribution < 1.29 is 0 Å². The van der Waals surface area contributed by atoms with Crippen LogP contribution in [0.2, 0.25) is 13.6 Å². The van der Waals surface area contributed by atoms with Gasteiger partial charge in [-0.2, -0.15) is 0 Å². The van der Waals surface area contributed by atoms with Crippen molar-refractivity contribution in [2.75, 3.05) is 11.9 Å². The van der Waals surface area contributed by atoms with Gasteiger partial charge in [0.05, 0.1) is 0 Å². The third kappa shape index (κ3) is 3.17. The van der Waals surface area contributed by atoms with E-state index in [1.807, 2.05) is 0 Å². The minimum Gasteiger partial charge on any atom is -0.370 e. The maximum absolute atomic E-state index is 4.79. The van der Waals surface area contributed by atoms with Crippen molar-refractivity contribution in [1.29, 1.82) is 0 Å². The first-order chi connectivity index (χ1) is 9.82. The monoisotopic (exact) mass is 284 g/mol. The van der Waals surface area contributed by atoms with Crippen molar-refractivity contribution in [2.45, 2.75) is 53.8 Å². The van der Waals surface area contributed by atoms with E-state index in [-0.39, 0.29) is 0 Å². The van der Waals surface area contributed by atoms with Gasteiger partial charge >= 0.3 is 0 Å². The molecule has 0 saturated carbocycles. The molecule has 0 radical (unpaired) electrons. The van der Waals surface area contributed by atoms with E-state index in [0.29, 0.717) is 24.6 Å². The van der Waals surface area contributed by atoms with Crippen LogP contribution < -0.4 is 10.5 Å². The molecule has 1 aliphatic heterocycles. The number of nitrogens with zero attached hydrogens (tertiary/aromatic N) is 2. The lowest BCUT2D eigenvalue weighted by atomic mass is 9.51. The first kappa shape index (κ1) is 16.1. The predicted octanol–water partition coefficient (Wildman–Crippen LogP) is 3.87. The molecule has 0 amide bonds. The maximum atomic E-state index is 4.79. The minimum absolute atomic E-state index is 0.468. The zero-order valence-corrected chi connectivity index (χ0v) is 14.6. The van der Waals surface area contributed by atoms with Crippen molar-refractivity contribution in [3.05, 3.63) is 23.4 Å². The molecule has 2 atom stereocenters. The highest BCUT2D eigenvalue weighted by Gasteiger charge is 2.27. The van der Waals surface area contributed by atoms with Crippen molar-refractivity contribution in [1.82, 2.24) is 4.98 Å². The van der Waals surface area contributed by atoms with Gasteiger partial charge in [0.25, 0.3) is 0 Å². The Balaban J connectivity index is 2.49. The van der Waals surface area contributed by atoms with E-state index >= 15 is 0 Å². The largest absolute Gasteiger partial charge is 0.370 e. The molecule has 2 nitrogen and oxygen atoms in total. The number of pyridine rings is 1. The van der Waals surface area contributed by atoms with E-state index in [9.17, 15) is 0 Å². The first-order valence-corrected chi connectivity index (χ1v) is 8.23. The van der Waals surface area contributed by atoms with Crippen LogP contribution in [0.25, 0.3) is 6.08 Å². The number of fused-ring (bicyclic) bond motifs is 1. The zero-order valence-electron chi connectivity index (χ0n) is 14.6. The lowest BCUT2D eigenvalue weighted by molar-refractivity contribution is 0.339. The fourth-order valence-electron chi connectivity index (χ4n) is 3.16. The van der Waals surface area contributed by atoms with Crippen molar-refractivity contribution >= 4 is 24.1 Å². The van der Waals surface area contributed by atoms with E-state index in [1.54, 1.807) is 0 Å². The van der Waals surface area contributed by atoms with E-state index < -0.39 is 0 Å². The summed E-state index contributed by atoms with van der Waals surface area (Å²) in [5.41, 5.74) is 4.99. The molecule has 2 rings (SSSR count). The minimum atomic E-state index is 0.468. The lowest BCUT2D eigenvalue weighted by Gasteiger charge is -2.36. The molecule has 0 aromatic carbocycles. The van der Waals surface area contributed by atoms with Crippen LogP contribution in [0, 0.1) is 18.8 Å². The highest BCUT2D eigenvalue weighted by Crippen LogP contribution is 2.32. The number of hydrogen-bond donors (Lipinski definition) is 0. The molecular formula is C18H29BN2. The normalized spacial score (nSPS) is 19.4. The smallest absolute Gasteiger partial charge is 0.194 e. The van der Waals surface area contributed by atoms with Crippen LogP contribution >= 0.6 is 0 Å². The summed E-state index contributed by atoms with van der Waals surface area (Å²) in [4.78, 5) is 7.28. The zero-order chi connectivity index (χ0) is 15.7. The van der Waals surface area contributed by atoms with Gasteiger partial charge in [0, 0.05) is 35.6 Å². The van der Waals surface area contributed by atoms with Crippen LogP contribution in [0.1, 0.15) is 38.4 Å². The van der Waals surface area contributed by atoms with Gasteiger partial charge < -0.3 is 4.90 Å². The summed E-state index contributed by atoms with van der Waals surface area (Å²) < 4.78 is 0. The number of aryl methyl sites for hydroxylation is 1. The SMILES string of the molecule is CB(C)c1cc2c(c(C)n1)C=CCC([C@@H](C)C(C)C)N2C. The Hall–Kier alpha value is -1.25. The molecule has 2 heterocycles. The third-order valence-corrected chi connectivity index (χ3v) is 5.04. The molecule has 1 aliphatic rings. The Kier molecular flexibility index (Phi) is 4.80. The van der Waals surface area contributed by atoms with Crippen LogP contribution in [-0.4, -0.2) is 24.8 Å². The summed E-state index contributed by atoms with van der Waals surface area (Å²) in [7, 11) is 2.25. The molecule has 21 heavy (non-hydrogen) atoms. The van der Waals surface area contributed by atoms with E-state index in [2.05, 4.69) is 71.5 Å². The topological polar surface area (TPSA) is 16.1 Å². The molecule has 3 heteroatoms. The molecule has 0 aliphatic carbocycles. The standard InChI is InChI=1S/C18H29BN2/c1-12(2)13(3)16-10-8-9-15-14(4)20-18(19(5)6)11-17(15)21(16)7/h8-9,11-13,16H,10H2,1-7H3/t13-,16?/m0/s1. The van der Waals surface area contributed by atoms with Gasteiger partial charge in [0.1, 0.15) is 0 Å². The average molecular weight is 284 g/mol. The molecule has 114 valence electrons. The van der Waals surface area contributed by atoms with Gasteiger partial charge in [-0.15, -0.1) is 0 Å². The average Bonchev–Trinajstić information content (AvgIpc) is 2.58. The molecule has 1 aromatic rings. The molecule has 0 fully saturated rings. The quantitative estimate of drug-likeness (QED) is 0.783. The Morgan fingerprint density at radius 3 is 2.52 bits per heavy atom. The fraction of sp³-hybridized carbons (Fsp3) is 0.611. The highest BCUT2D eigenvalue weighted by molar-refractivity contribution is 6.70. The summed E-state index contributed by atoms with van der Waals surface area (Å²) in [6.45, 7) is 14.1. The first-order valence-electron chi connectivity index (χ1n) is 8.23. The molecular weight excluding hydrogens is 255 g/mol. The van der Waals surface area contributed by atoms with Crippen LogP contribution in [0.4, 0.5) is 5.69 Å². The Bertz CT molecular complexity index is 534. The van der Waals surface area contributed by atoms with Gasteiger partial charge in [0.2, 0.25) is 0 Å². The number of anilines is 1. The molecule has 1 unspecified atom stereocenters. The fourth-order valence-corrected chi connectivity index (χ4v) is 3.16. The van der Waals surface area contributed by atoms with Crippen LogP contribution in [0.3, 0.4) is 0 Å². The maximum Gasteiger partial charge on any atom is 0.194 e. The second-order valence-electron chi connectivity index (χ2n) is 7.14. The van der Waals surface area contributed by atoms with Crippen molar-refractivity contribution in [2.24, 2.45) is 11.8 Å². The Labute approximate surface area is 130 Å². The summed E-state index contributed by atoms with van der Waals surface area (Å²) in [6, 6.07) is 2.85. The molecule has 0 bridgehead atoms. The van der Waals surface area contributed by atoms with E-state index in [4.69, 9.17) is 4.98 Å². The van der Waals surface area contributed by atoms with Gasteiger partial charge in [-0.1, -0.05) is 46.6 Å². The second-order valence-corrected chi connectivity index (χ2v) is 7.14. The molecule has 1 aromatic heterocycles. The second kappa shape index (κ2) is 6.25. The van der Waals surface area contributed by atoms with Crippen LogP contribution in [0.15, 0.2) is 12.1 Å². The van der Waals surface area contributed by atoms with E-state index in [0.717, 1.165) is 12.1 Å². The van der Waals surface area contributed by atoms with Gasteiger partial charge in [-0.25, -0.2) is 0 Å². The highest BCUT2D eigenvalue weighted by atomic mass is 15.1. The van der Waals surface area contributed by atoms with Gasteiger partial charge in [-0.3, -0.25) is 4.98 Å². The molecule has 0 N–H and O–H groups in total. The Morgan fingerprint density at radius 1 is 1.29 bits per heavy atom. The van der Waals surface area contributed by atoms with Gasteiger partial charge in [-0.05, 0) is 31.2 Å². The summed E-state index contributed by atoms with van der Waals surface area (Å²) in [6.07, 6.45) is 5.71. The number of rotatable bonds is 3. The van der Waals surface area contributed by atoms with Crippen molar-refractivity contribution in [3.63, 3.8) is 0 Å². The van der Waals surface area contributed by atoms with Crippen LogP contribution in [-0.2, 0) is 0 Å². The summed E-state index contributed by atoms with van der Waals surface area (Å²) >= 11 is 0. The third-order valence-electron chi connectivity index (χ3n) is 5.04. The molecule has 0 saturated heterocycles. The number of hydrogen-bond acceptors (Lipinski definition) is 2. The Morgan fingerprint density at radius 2 is 1.95 bits per heavy atom. The predicted molar refractivity (Wildman–Crippen MR) is 95.9 cm³/mol. The van der Waals surface area contributed by atoms with E-state index in [1.165, 1.54) is 16.8 Å². The van der Waals surface area contributed by atoms with Crippen molar-refractivity contribution in [3.8, 4) is 0 Å². The summed E-state index contributed by atoms with van der Waals surface area (Å²) in [5.74, 6) is 1.36. The lowest BCUT2D eigenvalue weighted by Crippen LogP contribution is -2.39. The van der Waals surface area contributed by atoms with Crippen LogP contribution in [0.5, 0.6) is 0 Å². The number of aromatic nitrogens is 1. The van der Waals surface area contributed by atoms with Gasteiger partial charge in [0.15, 0.2) is 6.71 Å².